The van der Waals surface area contributed by atoms with E-state index >= 15 is 0 Å². The minimum atomic E-state index is -2.99. The van der Waals surface area contributed by atoms with Crippen LogP contribution in [0, 0.1) is 5.92 Å². The molecule has 2 aliphatic rings. The van der Waals surface area contributed by atoms with Crippen molar-refractivity contribution < 1.29 is 32.6 Å². The van der Waals surface area contributed by atoms with Gasteiger partial charge in [0.15, 0.2) is 5.76 Å². The Morgan fingerprint density at radius 3 is 2.63 bits per heavy atom. The number of hydrogen-bond acceptors (Lipinski definition) is 5. The molecule has 2 aromatic rings. The highest BCUT2D eigenvalue weighted by Gasteiger charge is 2.38. The van der Waals surface area contributed by atoms with E-state index in [0.29, 0.717) is 34.1 Å². The van der Waals surface area contributed by atoms with Crippen LogP contribution >= 0.6 is 0 Å². The van der Waals surface area contributed by atoms with E-state index in [1.807, 2.05) is 0 Å². The van der Waals surface area contributed by atoms with Gasteiger partial charge in [0.25, 0.3) is 0 Å². The summed E-state index contributed by atoms with van der Waals surface area (Å²) in [5, 5.41) is 0. The summed E-state index contributed by atoms with van der Waals surface area (Å²) in [6.07, 6.45) is 2.34. The second-order valence-corrected chi connectivity index (χ2v) is 7.71. The van der Waals surface area contributed by atoms with Crippen LogP contribution in [-0.4, -0.2) is 18.4 Å². The number of alkyl halides is 2. The molecule has 30 heavy (non-hydrogen) atoms. The highest BCUT2D eigenvalue weighted by molar-refractivity contribution is 6.15. The predicted molar refractivity (Wildman–Crippen MR) is 105 cm³/mol. The summed E-state index contributed by atoms with van der Waals surface area (Å²) in [4.78, 5) is 24.9. The zero-order chi connectivity index (χ0) is 21.4. The maximum absolute atomic E-state index is 12.9. The van der Waals surface area contributed by atoms with Crippen LogP contribution in [0.25, 0.3) is 6.08 Å². The van der Waals surface area contributed by atoms with Gasteiger partial charge in [-0.05, 0) is 36.6 Å². The normalized spacial score (nSPS) is 19.0. The Balaban J connectivity index is 1.74. The summed E-state index contributed by atoms with van der Waals surface area (Å²) < 4.78 is 41.2. The third-order valence-electron chi connectivity index (χ3n) is 5.06. The highest BCUT2D eigenvalue weighted by atomic mass is 19.3. The van der Waals surface area contributed by atoms with Gasteiger partial charge in [0, 0.05) is 17.0 Å². The number of carbonyl (C=O) groups is 2. The van der Waals surface area contributed by atoms with Gasteiger partial charge < -0.3 is 14.2 Å². The maximum Gasteiger partial charge on any atom is 0.387 e. The van der Waals surface area contributed by atoms with E-state index in [-0.39, 0.29) is 35.6 Å². The lowest BCUT2D eigenvalue weighted by atomic mass is 9.84. The van der Waals surface area contributed by atoms with E-state index in [1.165, 1.54) is 12.1 Å². The van der Waals surface area contributed by atoms with Crippen LogP contribution in [0.2, 0.25) is 0 Å². The summed E-state index contributed by atoms with van der Waals surface area (Å²) >= 11 is 0. The number of halogens is 2. The molecule has 156 valence electrons. The maximum atomic E-state index is 12.9. The highest BCUT2D eigenvalue weighted by Crippen LogP contribution is 2.48. The Morgan fingerprint density at radius 1 is 1.13 bits per heavy atom. The molecule has 2 aliphatic heterocycles. The van der Waals surface area contributed by atoms with Crippen molar-refractivity contribution in [2.24, 2.45) is 5.92 Å². The van der Waals surface area contributed by atoms with E-state index in [9.17, 15) is 18.4 Å². The minimum absolute atomic E-state index is 0.00362. The second-order valence-electron chi connectivity index (χ2n) is 7.71. The van der Waals surface area contributed by atoms with Crippen molar-refractivity contribution in [3.8, 4) is 17.2 Å². The SMILES string of the molecule is CC(C)CC1CC(=O)Oc2ccc3c(c21)OC(=Cc1ccccc1OC(F)F)C3=O. The first-order valence-electron chi connectivity index (χ1n) is 9.69. The molecule has 1 atom stereocenters. The topological polar surface area (TPSA) is 61.8 Å². The first-order chi connectivity index (χ1) is 14.3. The molecule has 0 spiro atoms. The van der Waals surface area contributed by atoms with E-state index in [2.05, 4.69) is 18.6 Å². The van der Waals surface area contributed by atoms with Gasteiger partial charge >= 0.3 is 12.6 Å². The molecule has 0 saturated heterocycles. The van der Waals surface area contributed by atoms with Crippen molar-refractivity contribution in [1.82, 2.24) is 0 Å². The number of fused-ring (bicyclic) bond motifs is 3. The first-order valence-corrected chi connectivity index (χ1v) is 9.69. The van der Waals surface area contributed by atoms with Crippen molar-refractivity contribution in [1.29, 1.82) is 0 Å². The van der Waals surface area contributed by atoms with Crippen molar-refractivity contribution in [2.75, 3.05) is 0 Å². The van der Waals surface area contributed by atoms with Crippen LogP contribution in [0.15, 0.2) is 42.2 Å². The molecule has 0 N–H and O–H groups in total. The predicted octanol–water partition coefficient (Wildman–Crippen LogP) is 5.34. The molecule has 0 radical (unpaired) electrons. The molecule has 0 aromatic heterocycles. The summed E-state index contributed by atoms with van der Waals surface area (Å²) in [6.45, 7) is 1.13. The lowest BCUT2D eigenvalue weighted by Crippen LogP contribution is -2.21. The molecular formula is C23H20F2O5. The molecule has 2 heterocycles. The van der Waals surface area contributed by atoms with Crippen molar-refractivity contribution in [3.63, 3.8) is 0 Å². The van der Waals surface area contributed by atoms with Crippen LogP contribution < -0.4 is 14.2 Å². The van der Waals surface area contributed by atoms with Crippen LogP contribution in [-0.2, 0) is 4.79 Å². The zero-order valence-electron chi connectivity index (χ0n) is 16.5. The third-order valence-corrected chi connectivity index (χ3v) is 5.06. The number of rotatable bonds is 5. The average molecular weight is 414 g/mol. The Kier molecular flexibility index (Phi) is 5.28. The van der Waals surface area contributed by atoms with Crippen LogP contribution in [0.1, 0.15) is 54.1 Å². The summed E-state index contributed by atoms with van der Waals surface area (Å²) in [6, 6.07) is 9.33. The van der Waals surface area contributed by atoms with E-state index < -0.39 is 6.61 Å². The van der Waals surface area contributed by atoms with Gasteiger partial charge in [-0.2, -0.15) is 8.78 Å². The molecule has 0 aliphatic carbocycles. The Labute approximate surface area is 172 Å². The largest absolute Gasteiger partial charge is 0.452 e. The molecular weight excluding hydrogens is 394 g/mol. The number of benzene rings is 2. The van der Waals surface area contributed by atoms with Gasteiger partial charge in [-0.1, -0.05) is 32.0 Å². The molecule has 5 nitrogen and oxygen atoms in total. The summed E-state index contributed by atoms with van der Waals surface area (Å²) in [5.74, 6) is 0.240. The van der Waals surface area contributed by atoms with Gasteiger partial charge in [-0.15, -0.1) is 0 Å². The molecule has 0 fully saturated rings. The number of esters is 1. The average Bonchev–Trinajstić information content (AvgIpc) is 2.97. The number of para-hydroxylation sites is 1. The molecule has 0 bridgehead atoms. The fourth-order valence-corrected chi connectivity index (χ4v) is 3.91. The number of hydrogen-bond donors (Lipinski definition) is 0. The van der Waals surface area contributed by atoms with Gasteiger partial charge in [-0.3, -0.25) is 9.59 Å². The standard InChI is InChI=1S/C23H20F2O5/c1-12(2)9-14-11-19(26)28-17-8-7-15-21(27)18(29-22(15)20(14)17)10-13-5-3-4-6-16(13)30-23(24)25/h3-8,10,12,14,23H,9,11H2,1-2H3. The number of carbonyl (C=O) groups excluding carboxylic acids is 2. The minimum Gasteiger partial charge on any atom is -0.452 e. The number of ether oxygens (including phenoxy) is 3. The quantitative estimate of drug-likeness (QED) is 0.375. The number of allylic oxidation sites excluding steroid dienone is 1. The Morgan fingerprint density at radius 2 is 1.90 bits per heavy atom. The lowest BCUT2D eigenvalue weighted by molar-refractivity contribution is -0.136. The molecule has 4 rings (SSSR count). The smallest absolute Gasteiger partial charge is 0.387 e. The fraction of sp³-hybridized carbons (Fsp3) is 0.304. The van der Waals surface area contributed by atoms with Gasteiger partial charge in [0.05, 0.1) is 12.0 Å². The second kappa shape index (κ2) is 7.89. The lowest BCUT2D eigenvalue weighted by Gasteiger charge is -2.27. The third kappa shape index (κ3) is 3.79. The molecule has 0 saturated carbocycles. The monoisotopic (exact) mass is 414 g/mol. The molecule has 7 heteroatoms. The first kappa shape index (κ1) is 20.1. The van der Waals surface area contributed by atoms with Crippen molar-refractivity contribution >= 4 is 17.8 Å². The van der Waals surface area contributed by atoms with E-state index in [0.717, 1.165) is 6.42 Å². The summed E-state index contributed by atoms with van der Waals surface area (Å²) in [5.41, 5.74) is 1.36. The van der Waals surface area contributed by atoms with Crippen molar-refractivity contribution in [3.05, 3.63) is 58.8 Å². The Hall–Kier alpha value is -3.22. The zero-order valence-corrected chi connectivity index (χ0v) is 16.5. The number of Topliss-reactive ketones (excluding diaryl/α,β-unsaturated/α-hetero) is 1. The van der Waals surface area contributed by atoms with E-state index in [1.54, 1.807) is 30.3 Å². The van der Waals surface area contributed by atoms with Crippen LogP contribution in [0.4, 0.5) is 8.78 Å². The number of ketones is 1. The van der Waals surface area contributed by atoms with Gasteiger partial charge in [-0.25, -0.2) is 0 Å². The fourth-order valence-electron chi connectivity index (χ4n) is 3.91. The summed E-state index contributed by atoms with van der Waals surface area (Å²) in [7, 11) is 0. The molecule has 2 aromatic carbocycles. The van der Waals surface area contributed by atoms with Crippen LogP contribution in [0.5, 0.6) is 17.2 Å². The van der Waals surface area contributed by atoms with Gasteiger partial charge in [0.2, 0.25) is 5.78 Å². The van der Waals surface area contributed by atoms with Crippen LogP contribution in [0.3, 0.4) is 0 Å². The Bertz CT molecular complexity index is 1040. The van der Waals surface area contributed by atoms with Crippen molar-refractivity contribution in [2.45, 2.75) is 39.2 Å². The molecule has 0 amide bonds. The molecule has 1 unspecified atom stereocenters. The van der Waals surface area contributed by atoms with E-state index in [4.69, 9.17) is 9.47 Å². The van der Waals surface area contributed by atoms with Gasteiger partial charge in [0.1, 0.15) is 17.2 Å².